The minimum atomic E-state index is -0.833. The van der Waals surface area contributed by atoms with E-state index in [-0.39, 0.29) is 26.5 Å². The van der Waals surface area contributed by atoms with Gasteiger partial charge in [0.1, 0.15) is 5.75 Å². The Hall–Kier alpha value is -0.888. The molecular weight excluding hydrogens is 315 g/mol. The minimum absolute atomic E-state index is 0. The van der Waals surface area contributed by atoms with Gasteiger partial charge in [0, 0.05) is 34.0 Å². The third kappa shape index (κ3) is 5.83. The molecule has 1 atom stereocenters. The molecule has 1 aliphatic heterocycles. The maximum atomic E-state index is 9.47. The van der Waals surface area contributed by atoms with Crippen molar-refractivity contribution in [2.24, 2.45) is 0 Å². The van der Waals surface area contributed by atoms with Crippen molar-refractivity contribution in [2.45, 2.75) is 19.4 Å². The van der Waals surface area contributed by atoms with Crippen molar-refractivity contribution in [3.63, 3.8) is 0 Å². The third-order valence-electron chi connectivity index (χ3n) is 2.04. The van der Waals surface area contributed by atoms with Crippen LogP contribution >= 0.6 is 0 Å². The second-order valence-electron chi connectivity index (χ2n) is 3.39. The number of aliphatic carboxylic acids is 1. The van der Waals surface area contributed by atoms with E-state index in [1.54, 1.807) is 6.07 Å². The predicted octanol–water partition coefficient (Wildman–Crippen LogP) is 2.15. The summed E-state index contributed by atoms with van der Waals surface area (Å²) in [6.45, 7) is 1.85. The summed E-state index contributed by atoms with van der Waals surface area (Å²) in [5.74, 6) is -0.513. The average molecular weight is 330 g/mol. The van der Waals surface area contributed by atoms with Gasteiger partial charge in [0.05, 0.1) is 0 Å². The van der Waals surface area contributed by atoms with Gasteiger partial charge in [-0.15, -0.1) is 0 Å². The van der Waals surface area contributed by atoms with Gasteiger partial charge >= 0.3 is 0 Å². The number of benzene rings is 1. The predicted molar refractivity (Wildman–Crippen MR) is 59.0 cm³/mol. The van der Waals surface area contributed by atoms with E-state index in [1.807, 2.05) is 18.2 Å². The molecule has 0 aromatic heterocycles. The van der Waals surface area contributed by atoms with Gasteiger partial charge in [-0.2, -0.15) is 6.42 Å². The molecule has 1 saturated heterocycles. The number of carboxylic acid groups (broad SMARTS) is 1. The molecule has 0 unspecified atom stereocenters. The van der Waals surface area contributed by atoms with Crippen LogP contribution in [0.25, 0.3) is 0 Å². The molecule has 0 bridgehead atoms. The fraction of sp³-hybridized carbons (Fsp3) is 0.333. The summed E-state index contributed by atoms with van der Waals surface area (Å²) in [4.78, 5) is 9.00. The Balaban J connectivity index is 0.000000453. The fourth-order valence-electron chi connectivity index (χ4n) is 1.43. The molecule has 0 saturated carbocycles. The van der Waals surface area contributed by atoms with E-state index < -0.39 is 5.97 Å². The van der Waals surface area contributed by atoms with Crippen LogP contribution in [0.5, 0.6) is 5.75 Å². The van der Waals surface area contributed by atoms with Gasteiger partial charge in [-0.3, -0.25) is 11.2 Å². The molecule has 1 aromatic rings. The molecule has 1 heterocycles. The Kier molecular flexibility index (Phi) is 7.81. The van der Waals surface area contributed by atoms with Crippen LogP contribution in [0.2, 0.25) is 0 Å². The molecule has 1 fully saturated rings. The molecule has 2 N–H and O–H groups in total. The Bertz CT molecular complexity index is 344. The van der Waals surface area contributed by atoms with E-state index >= 15 is 0 Å². The maximum absolute atomic E-state index is 9.47. The third-order valence-corrected chi connectivity index (χ3v) is 2.04. The number of ether oxygens (including phenoxy) is 1. The molecule has 4 nitrogen and oxygen atoms in total. The number of phenols is 1. The number of carboxylic acids is 1. The number of hydrogen-bond acceptors (Lipinski definition) is 3. The van der Waals surface area contributed by atoms with E-state index in [1.165, 1.54) is 0 Å². The number of hydrogen-bond donors (Lipinski definition) is 2. The smallest absolute Gasteiger partial charge is 0.300 e. The first-order valence-corrected chi connectivity index (χ1v) is 5.03. The first-order valence-electron chi connectivity index (χ1n) is 5.03. The van der Waals surface area contributed by atoms with Crippen LogP contribution < -0.4 is 0 Å². The Morgan fingerprint density at radius 3 is 2.53 bits per heavy atom. The van der Waals surface area contributed by atoms with Crippen molar-refractivity contribution >= 4 is 5.97 Å². The average Bonchev–Trinajstić information content (AvgIpc) is 2.70. The van der Waals surface area contributed by atoms with Gasteiger partial charge in [-0.1, -0.05) is 18.2 Å². The van der Waals surface area contributed by atoms with E-state index in [0.29, 0.717) is 5.75 Å². The summed E-state index contributed by atoms with van der Waals surface area (Å²) in [5.41, 5.74) is 0.870. The van der Waals surface area contributed by atoms with Crippen LogP contribution in [0.15, 0.2) is 24.3 Å². The van der Waals surface area contributed by atoms with Crippen LogP contribution in [-0.2, 0) is 30.0 Å². The number of para-hydroxylation sites is 1. The second-order valence-corrected chi connectivity index (χ2v) is 3.39. The molecule has 1 aliphatic rings. The quantitative estimate of drug-likeness (QED) is 0.612. The summed E-state index contributed by atoms with van der Waals surface area (Å²) in [6, 6.07) is 7.30. The molecule has 98 valence electrons. The van der Waals surface area contributed by atoms with Crippen LogP contribution in [0, 0.1) is 6.42 Å². The van der Waals surface area contributed by atoms with Crippen molar-refractivity contribution in [1.29, 1.82) is 0 Å². The van der Waals surface area contributed by atoms with Crippen molar-refractivity contribution in [1.82, 2.24) is 0 Å². The fourth-order valence-corrected chi connectivity index (χ4v) is 1.43. The maximum Gasteiger partial charge on any atom is 0.300 e. The summed E-state index contributed by atoms with van der Waals surface area (Å²) < 4.78 is 5.40. The van der Waals surface area contributed by atoms with Crippen LogP contribution in [-0.4, -0.2) is 22.8 Å². The zero-order valence-corrected chi connectivity index (χ0v) is 11.0. The molecule has 0 radical (unpaired) electrons. The topological polar surface area (TPSA) is 66.8 Å². The van der Waals surface area contributed by atoms with Crippen LogP contribution in [0.4, 0.5) is 0 Å². The monoisotopic (exact) mass is 329 g/mol. The van der Waals surface area contributed by atoms with Gasteiger partial charge in [-0.25, -0.2) is 0 Å². The van der Waals surface area contributed by atoms with Gasteiger partial charge in [0.15, 0.2) is 0 Å². The van der Waals surface area contributed by atoms with Crippen LogP contribution in [0.3, 0.4) is 0 Å². The molecule has 0 spiro atoms. The Morgan fingerprint density at radius 2 is 2.06 bits per heavy atom. The van der Waals surface area contributed by atoms with E-state index in [4.69, 9.17) is 14.6 Å². The summed E-state index contributed by atoms with van der Waals surface area (Å²) in [5, 5.41) is 16.9. The van der Waals surface area contributed by atoms with Gasteiger partial charge in [0.2, 0.25) is 0 Å². The molecule has 2 rings (SSSR count). The van der Waals surface area contributed by atoms with E-state index in [0.717, 1.165) is 25.5 Å². The molecule has 17 heavy (non-hydrogen) atoms. The normalized spacial score (nSPS) is 17.6. The van der Waals surface area contributed by atoms with Crippen molar-refractivity contribution in [3.05, 3.63) is 36.2 Å². The summed E-state index contributed by atoms with van der Waals surface area (Å²) >= 11 is 0. The zero-order valence-electron chi connectivity index (χ0n) is 9.41. The SMILES string of the molecule is CC(=O)O.Oc1ccccc1[C@H]1[CH-]CCO1.[Pd]. The number of aromatic hydroxyl groups is 1. The van der Waals surface area contributed by atoms with Crippen LogP contribution in [0.1, 0.15) is 25.0 Å². The first kappa shape index (κ1) is 16.1. The minimum Gasteiger partial charge on any atom is -0.508 e. The van der Waals surface area contributed by atoms with E-state index in [2.05, 4.69) is 6.42 Å². The number of carbonyl (C=O) groups is 1. The zero-order chi connectivity index (χ0) is 12.0. The first-order chi connectivity index (χ1) is 7.61. The van der Waals surface area contributed by atoms with Crippen molar-refractivity contribution < 1.29 is 40.2 Å². The number of rotatable bonds is 1. The Morgan fingerprint density at radius 1 is 1.47 bits per heavy atom. The molecular formula is C12H15O4Pd-. The van der Waals surface area contributed by atoms with Gasteiger partial charge < -0.3 is 14.9 Å². The largest absolute Gasteiger partial charge is 0.508 e. The summed E-state index contributed by atoms with van der Waals surface area (Å²) in [6.07, 6.45) is 3.04. The summed E-state index contributed by atoms with van der Waals surface area (Å²) in [7, 11) is 0. The van der Waals surface area contributed by atoms with Gasteiger partial charge in [-0.05, 0) is 17.7 Å². The van der Waals surface area contributed by atoms with Gasteiger partial charge in [0.25, 0.3) is 5.97 Å². The molecule has 1 aromatic carbocycles. The van der Waals surface area contributed by atoms with Crippen molar-refractivity contribution in [3.8, 4) is 5.75 Å². The van der Waals surface area contributed by atoms with E-state index in [9.17, 15) is 5.11 Å². The standard InChI is InChI=1S/C10H11O2.C2H4O2.Pd/c11-9-5-2-1-4-8(9)10-6-3-7-12-10;1-2(3)4;/h1-2,4-6,10-11H,3,7H2;1H3,(H,3,4);/q-1;;/t10-;;/m1../s1. The number of phenolic OH excluding ortho intramolecular Hbond substituents is 1. The Labute approximate surface area is 114 Å². The second kappa shape index (κ2) is 8.24. The molecule has 0 aliphatic carbocycles. The molecule has 5 heteroatoms. The van der Waals surface area contributed by atoms with Crippen molar-refractivity contribution in [2.75, 3.05) is 6.61 Å². The molecule has 0 amide bonds.